The predicted molar refractivity (Wildman–Crippen MR) is 182 cm³/mol. The molecule has 7 rings (SSSR count). The van der Waals surface area contributed by atoms with Crippen LogP contribution in [0.25, 0.3) is 27.6 Å². The topological polar surface area (TPSA) is 90.7 Å². The number of rotatable bonds is 9. The van der Waals surface area contributed by atoms with Crippen LogP contribution in [0, 0.1) is 0 Å². The first kappa shape index (κ1) is 28.7. The molecule has 0 bridgehead atoms. The molecule has 2 N–H and O–H groups in total. The van der Waals surface area contributed by atoms with Crippen molar-refractivity contribution in [2.45, 2.75) is 13.3 Å². The Labute approximate surface area is 266 Å². The molecular weight excluding hydrogens is 581 g/mol. The highest BCUT2D eigenvalue weighted by Crippen LogP contribution is 2.35. The van der Waals surface area contributed by atoms with Crippen molar-refractivity contribution in [2.75, 3.05) is 48.3 Å². The third-order valence-electron chi connectivity index (χ3n) is 8.07. The highest BCUT2D eigenvalue weighted by Gasteiger charge is 2.20. The zero-order chi connectivity index (χ0) is 30.6. The van der Waals surface area contributed by atoms with Gasteiger partial charge in [-0.15, -0.1) is 11.3 Å². The van der Waals surface area contributed by atoms with E-state index in [2.05, 4.69) is 54.9 Å². The molecule has 226 valence electrons. The summed E-state index contributed by atoms with van der Waals surface area (Å²) in [5.41, 5.74) is 7.12. The number of nitrogens with zero attached hydrogens (tertiary/aromatic N) is 6. The lowest BCUT2D eigenvalue weighted by atomic mass is 10.1. The molecule has 0 saturated carbocycles. The summed E-state index contributed by atoms with van der Waals surface area (Å²) in [6.45, 7) is 7.50. The van der Waals surface area contributed by atoms with E-state index in [1.165, 1.54) is 5.69 Å². The predicted octanol–water partition coefficient (Wildman–Crippen LogP) is 6.59. The number of amides is 1. The number of carbonyl (C=O) groups is 1. The Balaban J connectivity index is 1.14. The van der Waals surface area contributed by atoms with E-state index >= 15 is 0 Å². The van der Waals surface area contributed by atoms with Crippen LogP contribution in [0.5, 0.6) is 0 Å². The lowest BCUT2D eigenvalue weighted by Gasteiger charge is -2.35. The van der Waals surface area contributed by atoms with Gasteiger partial charge in [-0.3, -0.25) is 9.20 Å². The fraction of sp³-hybridized carbons (Fsp3) is 0.200. The third kappa shape index (κ3) is 6.43. The summed E-state index contributed by atoms with van der Waals surface area (Å²) in [4.78, 5) is 33.0. The molecule has 0 atom stereocenters. The molecule has 0 spiro atoms. The number of nitrogens with one attached hydrogen (secondary N) is 2. The number of benzene rings is 3. The van der Waals surface area contributed by atoms with Crippen LogP contribution < -0.4 is 15.5 Å². The highest BCUT2D eigenvalue weighted by molar-refractivity contribution is 7.15. The lowest BCUT2D eigenvalue weighted by Crippen LogP contribution is -2.46. The molecular formula is C35H34N8OS. The molecule has 9 nitrogen and oxygen atoms in total. The van der Waals surface area contributed by atoms with Crippen molar-refractivity contribution in [3.63, 3.8) is 0 Å². The Hall–Kier alpha value is -5.06. The molecule has 45 heavy (non-hydrogen) atoms. The van der Waals surface area contributed by atoms with E-state index in [0.29, 0.717) is 12.4 Å². The van der Waals surface area contributed by atoms with Gasteiger partial charge >= 0.3 is 0 Å². The van der Waals surface area contributed by atoms with Crippen molar-refractivity contribution in [1.29, 1.82) is 0 Å². The van der Waals surface area contributed by atoms with Gasteiger partial charge in [0.2, 0.25) is 11.9 Å². The molecule has 6 aromatic rings. The summed E-state index contributed by atoms with van der Waals surface area (Å²) in [7, 11) is 0. The van der Waals surface area contributed by atoms with E-state index in [1.54, 1.807) is 17.5 Å². The van der Waals surface area contributed by atoms with Crippen LogP contribution in [-0.2, 0) is 11.2 Å². The molecule has 3 aromatic carbocycles. The van der Waals surface area contributed by atoms with Crippen LogP contribution in [0.15, 0.2) is 103 Å². The number of hydrogen-bond donors (Lipinski definition) is 2. The summed E-state index contributed by atoms with van der Waals surface area (Å²) in [5, 5.41) is 8.48. The minimum atomic E-state index is -0.0665. The van der Waals surface area contributed by atoms with Crippen LogP contribution in [0.1, 0.15) is 12.5 Å². The quantitative estimate of drug-likeness (QED) is 0.190. The van der Waals surface area contributed by atoms with Crippen LogP contribution in [0.4, 0.5) is 23.0 Å². The van der Waals surface area contributed by atoms with Gasteiger partial charge < -0.3 is 20.4 Å². The lowest BCUT2D eigenvalue weighted by molar-refractivity contribution is -0.115. The molecule has 1 fully saturated rings. The smallest absolute Gasteiger partial charge is 0.228 e. The zero-order valence-electron chi connectivity index (χ0n) is 25.1. The maximum absolute atomic E-state index is 12.8. The first-order chi connectivity index (χ1) is 22.1. The molecule has 1 aliphatic heterocycles. The highest BCUT2D eigenvalue weighted by atomic mass is 32.1. The summed E-state index contributed by atoms with van der Waals surface area (Å²) in [6, 6.07) is 27.9. The number of aromatic nitrogens is 4. The minimum Gasteiger partial charge on any atom is -0.369 e. The van der Waals surface area contributed by atoms with Gasteiger partial charge in [0.25, 0.3) is 0 Å². The maximum Gasteiger partial charge on any atom is 0.228 e. The van der Waals surface area contributed by atoms with Crippen LogP contribution >= 0.6 is 11.3 Å². The first-order valence-corrected chi connectivity index (χ1v) is 16.1. The second kappa shape index (κ2) is 12.9. The van der Waals surface area contributed by atoms with Crippen LogP contribution in [0.2, 0.25) is 0 Å². The normalized spacial score (nSPS) is 13.7. The van der Waals surface area contributed by atoms with Gasteiger partial charge in [-0.25, -0.2) is 15.0 Å². The Kier molecular flexibility index (Phi) is 8.22. The zero-order valence-corrected chi connectivity index (χ0v) is 25.9. The van der Waals surface area contributed by atoms with Crippen molar-refractivity contribution < 1.29 is 4.79 Å². The van der Waals surface area contributed by atoms with Crippen molar-refractivity contribution in [2.24, 2.45) is 0 Å². The van der Waals surface area contributed by atoms with E-state index in [-0.39, 0.29) is 5.91 Å². The van der Waals surface area contributed by atoms with E-state index in [0.717, 1.165) is 77.3 Å². The van der Waals surface area contributed by atoms with E-state index in [9.17, 15) is 4.79 Å². The molecule has 1 amide bonds. The number of hydrogen-bond acceptors (Lipinski definition) is 8. The number of likely N-dealkylation sites (N-methyl/N-ethyl adjacent to an activating group) is 1. The number of fused-ring (bicyclic) bond motifs is 1. The monoisotopic (exact) mass is 614 g/mol. The summed E-state index contributed by atoms with van der Waals surface area (Å²) in [5.74, 6) is 0.446. The van der Waals surface area contributed by atoms with Crippen molar-refractivity contribution >= 4 is 45.2 Å². The van der Waals surface area contributed by atoms with Gasteiger partial charge in [0, 0.05) is 66.6 Å². The standard InChI is InChI=1S/C35H34N8OS/c1-2-41-16-18-42(19-17-41)29-13-7-12-28(24-29)38-34-36-15-14-30(39-34)33-32(40-35-43(33)20-21-45-35)26-10-6-11-27(23-26)37-31(44)22-25-8-4-3-5-9-25/h3-15,20-21,23-24H,2,16-19,22H2,1H3,(H,37,44)(H,36,38,39). The second-order valence-electron chi connectivity index (χ2n) is 11.0. The van der Waals surface area contributed by atoms with E-state index in [1.807, 2.05) is 78.3 Å². The van der Waals surface area contributed by atoms with Gasteiger partial charge in [-0.1, -0.05) is 55.5 Å². The average molecular weight is 615 g/mol. The largest absolute Gasteiger partial charge is 0.369 e. The van der Waals surface area contributed by atoms with E-state index in [4.69, 9.17) is 9.97 Å². The molecule has 4 heterocycles. The molecule has 0 radical (unpaired) electrons. The summed E-state index contributed by atoms with van der Waals surface area (Å²) >= 11 is 1.57. The maximum atomic E-state index is 12.8. The number of carbonyl (C=O) groups excluding carboxylic acids is 1. The third-order valence-corrected chi connectivity index (χ3v) is 8.83. The van der Waals surface area contributed by atoms with Crippen molar-refractivity contribution in [3.05, 3.63) is 108 Å². The van der Waals surface area contributed by atoms with Crippen molar-refractivity contribution in [3.8, 4) is 22.6 Å². The van der Waals surface area contributed by atoms with Gasteiger partial charge in [0.15, 0.2) is 4.96 Å². The molecule has 10 heteroatoms. The van der Waals surface area contributed by atoms with Crippen LogP contribution in [0.3, 0.4) is 0 Å². The Morgan fingerprint density at radius 2 is 1.71 bits per heavy atom. The number of thiazole rings is 1. The Bertz CT molecular complexity index is 1930. The first-order valence-electron chi connectivity index (χ1n) is 15.2. The number of imidazole rings is 1. The fourth-order valence-electron chi connectivity index (χ4n) is 5.75. The van der Waals surface area contributed by atoms with Gasteiger partial charge in [0.05, 0.1) is 17.8 Å². The molecule has 1 aliphatic rings. The average Bonchev–Trinajstić information content (AvgIpc) is 3.68. The molecule has 1 saturated heterocycles. The number of anilines is 4. The number of piperazine rings is 1. The summed E-state index contributed by atoms with van der Waals surface area (Å²) in [6.07, 6.45) is 4.09. The van der Waals surface area contributed by atoms with Crippen molar-refractivity contribution in [1.82, 2.24) is 24.3 Å². The van der Waals surface area contributed by atoms with E-state index < -0.39 is 0 Å². The molecule has 0 unspecified atom stereocenters. The second-order valence-corrected chi connectivity index (χ2v) is 11.9. The molecule has 3 aromatic heterocycles. The minimum absolute atomic E-state index is 0.0665. The SMILES string of the molecule is CCN1CCN(c2cccc(Nc3nccc(-c4c(-c5cccc(NC(=O)Cc6ccccc6)c5)nc5sccn45)n3)c2)CC1. The Morgan fingerprint density at radius 3 is 2.56 bits per heavy atom. The van der Waals surface area contributed by atoms with Gasteiger partial charge in [0.1, 0.15) is 5.69 Å². The van der Waals surface area contributed by atoms with Gasteiger partial charge in [-0.2, -0.15) is 0 Å². The Morgan fingerprint density at radius 1 is 0.889 bits per heavy atom. The summed E-state index contributed by atoms with van der Waals surface area (Å²) < 4.78 is 2.06. The molecule has 0 aliphatic carbocycles. The van der Waals surface area contributed by atoms with Crippen LogP contribution in [-0.4, -0.2) is 62.9 Å². The fourth-order valence-corrected chi connectivity index (χ4v) is 6.46. The van der Waals surface area contributed by atoms with Gasteiger partial charge in [-0.05, 0) is 48.5 Å².